The van der Waals surface area contributed by atoms with Gasteiger partial charge >= 0.3 is 0 Å². The molecule has 4 rings (SSSR count). The molecule has 10 nitrogen and oxygen atoms in total. The first-order valence-electron chi connectivity index (χ1n) is 8.90. The van der Waals surface area contributed by atoms with Crippen LogP contribution in [0.2, 0.25) is 0 Å². The number of amides is 2. The van der Waals surface area contributed by atoms with Crippen molar-refractivity contribution in [1.82, 2.24) is 19.9 Å². The molecule has 30 heavy (non-hydrogen) atoms. The Bertz CT molecular complexity index is 1200. The van der Waals surface area contributed by atoms with Crippen LogP contribution in [0.15, 0.2) is 59.6 Å². The number of β-amino-alcohol motifs (C(OH)–C–C–N with tert-alkyl or cyclic N) is 1. The zero-order valence-electron chi connectivity index (χ0n) is 15.5. The summed E-state index contributed by atoms with van der Waals surface area (Å²) in [5.74, 6) is -0.882. The number of carbonyl (C=O) groups is 2. The number of benzene rings is 2. The molecular weight excluding hydrogens is 410 g/mol. The number of aliphatic hydroxyl groups excluding tert-OH is 1. The number of carbonyl (C=O) groups excluding carboxylic acids is 2. The largest absolute Gasteiger partial charge is 0.389 e. The highest BCUT2D eigenvalue weighted by Gasteiger charge is 2.36. The summed E-state index contributed by atoms with van der Waals surface area (Å²) in [5, 5.41) is 23.4. The molecular formula is C19H17N5O5S. The lowest BCUT2D eigenvalue weighted by atomic mass is 10.1. The van der Waals surface area contributed by atoms with Crippen molar-refractivity contribution < 1.29 is 23.1 Å². The molecule has 1 aliphatic heterocycles. The summed E-state index contributed by atoms with van der Waals surface area (Å²) in [5.41, 5.74) is 1.72. The van der Waals surface area contributed by atoms with Crippen LogP contribution in [0.5, 0.6) is 0 Å². The average Bonchev–Trinajstić information content (AvgIpc) is 3.27. The first-order chi connectivity index (χ1) is 14.2. The van der Waals surface area contributed by atoms with E-state index >= 15 is 0 Å². The predicted molar refractivity (Wildman–Crippen MR) is 105 cm³/mol. The van der Waals surface area contributed by atoms with E-state index in [2.05, 4.69) is 10.3 Å². The summed E-state index contributed by atoms with van der Waals surface area (Å²) in [6.45, 7) is -0.166. The molecule has 11 heteroatoms. The van der Waals surface area contributed by atoms with Gasteiger partial charge in [0.25, 0.3) is 11.8 Å². The van der Waals surface area contributed by atoms with Crippen molar-refractivity contribution >= 4 is 21.8 Å². The standard InChI is InChI=1S/C19H17N5O5S/c20-30(28,29)14-7-5-12(6-8-14)17-11-23(22-21-17)9-13(25)10-24-18(26)15-3-1-2-4-16(15)19(24)27/h1-8,11,13,25H,9-10H2,(H2,20,28,29). The van der Waals surface area contributed by atoms with Gasteiger partial charge in [0.05, 0.1) is 41.4 Å². The van der Waals surface area contributed by atoms with Crippen LogP contribution >= 0.6 is 0 Å². The molecule has 3 N–H and O–H groups in total. The number of nitrogens with zero attached hydrogens (tertiary/aromatic N) is 4. The number of aliphatic hydroxyl groups is 1. The Kier molecular flexibility index (Phi) is 4.94. The fourth-order valence-electron chi connectivity index (χ4n) is 3.22. The van der Waals surface area contributed by atoms with E-state index in [4.69, 9.17) is 5.14 Å². The van der Waals surface area contributed by atoms with Crippen LogP contribution in [0.1, 0.15) is 20.7 Å². The molecule has 0 aliphatic carbocycles. The highest BCUT2D eigenvalue weighted by atomic mass is 32.2. The second-order valence-electron chi connectivity index (χ2n) is 6.82. The smallest absolute Gasteiger partial charge is 0.261 e. The molecule has 1 aliphatic rings. The Morgan fingerprint density at radius 2 is 1.57 bits per heavy atom. The molecule has 3 aromatic rings. The van der Waals surface area contributed by atoms with E-state index in [1.165, 1.54) is 16.8 Å². The van der Waals surface area contributed by atoms with E-state index in [0.717, 1.165) is 4.90 Å². The Morgan fingerprint density at radius 3 is 2.13 bits per heavy atom. The minimum absolute atomic E-state index is 0.00959. The number of fused-ring (bicyclic) bond motifs is 1. The Labute approximate surface area is 171 Å². The van der Waals surface area contributed by atoms with Gasteiger partial charge < -0.3 is 5.11 Å². The molecule has 0 fully saturated rings. The van der Waals surface area contributed by atoms with Gasteiger partial charge in [-0.25, -0.2) is 18.2 Å². The third-order valence-electron chi connectivity index (χ3n) is 4.69. The van der Waals surface area contributed by atoms with Crippen molar-refractivity contribution in [3.63, 3.8) is 0 Å². The van der Waals surface area contributed by atoms with Gasteiger partial charge in [-0.3, -0.25) is 14.5 Å². The number of hydrogen-bond acceptors (Lipinski definition) is 7. The second kappa shape index (κ2) is 7.44. The molecule has 0 spiro atoms. The third-order valence-corrected chi connectivity index (χ3v) is 5.62. The van der Waals surface area contributed by atoms with Crippen molar-refractivity contribution in [2.45, 2.75) is 17.5 Å². The molecule has 1 unspecified atom stereocenters. The van der Waals surface area contributed by atoms with E-state index in [0.29, 0.717) is 22.4 Å². The number of hydrogen-bond donors (Lipinski definition) is 2. The Balaban J connectivity index is 1.43. The molecule has 1 aromatic heterocycles. The molecule has 1 atom stereocenters. The summed E-state index contributed by atoms with van der Waals surface area (Å²) >= 11 is 0. The normalized spacial score (nSPS) is 14.8. The van der Waals surface area contributed by atoms with Gasteiger partial charge in [0.1, 0.15) is 5.69 Å². The number of primary sulfonamides is 1. The maximum atomic E-state index is 12.4. The van der Waals surface area contributed by atoms with Crippen LogP contribution < -0.4 is 5.14 Å². The fourth-order valence-corrected chi connectivity index (χ4v) is 3.74. The third kappa shape index (κ3) is 3.73. The lowest BCUT2D eigenvalue weighted by Crippen LogP contribution is -2.38. The molecule has 0 bridgehead atoms. The molecule has 0 saturated carbocycles. The zero-order chi connectivity index (χ0) is 21.5. The minimum Gasteiger partial charge on any atom is -0.389 e. The van der Waals surface area contributed by atoms with Crippen LogP contribution in [-0.2, 0) is 16.6 Å². The van der Waals surface area contributed by atoms with Gasteiger partial charge in [-0.15, -0.1) is 5.10 Å². The summed E-state index contributed by atoms with van der Waals surface area (Å²) < 4.78 is 24.0. The summed E-state index contributed by atoms with van der Waals surface area (Å²) in [4.78, 5) is 25.8. The highest BCUT2D eigenvalue weighted by molar-refractivity contribution is 7.89. The van der Waals surface area contributed by atoms with Gasteiger partial charge in [0.15, 0.2) is 0 Å². The Morgan fingerprint density at radius 1 is 0.967 bits per heavy atom. The van der Waals surface area contributed by atoms with Crippen LogP contribution in [-0.4, -0.2) is 57.9 Å². The SMILES string of the molecule is NS(=O)(=O)c1ccc(-c2cn(CC(O)CN3C(=O)c4ccccc4C3=O)nn2)cc1. The van der Waals surface area contributed by atoms with Crippen molar-refractivity contribution in [1.29, 1.82) is 0 Å². The monoisotopic (exact) mass is 427 g/mol. The molecule has 0 radical (unpaired) electrons. The van der Waals surface area contributed by atoms with Gasteiger partial charge in [-0.1, -0.05) is 29.5 Å². The van der Waals surface area contributed by atoms with Crippen LogP contribution in [0, 0.1) is 0 Å². The van der Waals surface area contributed by atoms with Crippen molar-refractivity contribution in [3.8, 4) is 11.3 Å². The fraction of sp³-hybridized carbons (Fsp3) is 0.158. The molecule has 2 amide bonds. The van der Waals surface area contributed by atoms with E-state index in [9.17, 15) is 23.1 Å². The first kappa shape index (κ1) is 19.9. The predicted octanol–water partition coefficient (Wildman–Crippen LogP) is 0.250. The highest BCUT2D eigenvalue weighted by Crippen LogP contribution is 2.23. The second-order valence-corrected chi connectivity index (χ2v) is 8.38. The van der Waals surface area contributed by atoms with Crippen molar-refractivity contribution in [2.75, 3.05) is 6.54 Å². The summed E-state index contributed by atoms with van der Waals surface area (Å²) in [7, 11) is -3.79. The first-order valence-corrected chi connectivity index (χ1v) is 10.5. The number of nitrogens with two attached hydrogens (primary N) is 1. The minimum atomic E-state index is -3.79. The number of imide groups is 1. The molecule has 0 saturated heterocycles. The Hall–Kier alpha value is -3.41. The summed E-state index contributed by atoms with van der Waals surface area (Å²) in [6.07, 6.45) is 0.517. The number of aromatic nitrogens is 3. The molecule has 2 aromatic carbocycles. The van der Waals surface area contributed by atoms with E-state index < -0.39 is 27.9 Å². The van der Waals surface area contributed by atoms with Gasteiger partial charge in [-0.2, -0.15) is 0 Å². The van der Waals surface area contributed by atoms with Gasteiger partial charge in [-0.05, 0) is 24.3 Å². The maximum Gasteiger partial charge on any atom is 0.261 e. The number of rotatable bonds is 6. The topological polar surface area (TPSA) is 148 Å². The average molecular weight is 427 g/mol. The van der Waals surface area contributed by atoms with Gasteiger partial charge in [0.2, 0.25) is 10.0 Å². The van der Waals surface area contributed by atoms with E-state index in [-0.39, 0.29) is 18.0 Å². The zero-order valence-corrected chi connectivity index (χ0v) is 16.4. The molecule has 2 heterocycles. The van der Waals surface area contributed by atoms with Crippen molar-refractivity contribution in [3.05, 3.63) is 65.9 Å². The van der Waals surface area contributed by atoms with Crippen LogP contribution in [0.25, 0.3) is 11.3 Å². The van der Waals surface area contributed by atoms with Gasteiger partial charge in [0, 0.05) is 5.56 Å². The van der Waals surface area contributed by atoms with Crippen LogP contribution in [0.4, 0.5) is 0 Å². The quantitative estimate of drug-likeness (QED) is 0.536. The lowest BCUT2D eigenvalue weighted by Gasteiger charge is -2.18. The van der Waals surface area contributed by atoms with Crippen LogP contribution in [0.3, 0.4) is 0 Å². The summed E-state index contributed by atoms with van der Waals surface area (Å²) in [6, 6.07) is 12.3. The number of sulfonamides is 1. The lowest BCUT2D eigenvalue weighted by molar-refractivity contribution is 0.0514. The maximum absolute atomic E-state index is 12.4. The van der Waals surface area contributed by atoms with E-state index in [1.54, 1.807) is 42.6 Å². The van der Waals surface area contributed by atoms with Crippen molar-refractivity contribution in [2.24, 2.45) is 5.14 Å². The molecule has 154 valence electrons. The van der Waals surface area contributed by atoms with E-state index in [1.807, 2.05) is 0 Å².